The molecule has 8 nitrogen and oxygen atoms in total. The quantitative estimate of drug-likeness (QED) is 0.268. The van der Waals surface area contributed by atoms with Gasteiger partial charge in [-0.1, -0.05) is 42.6 Å². The van der Waals surface area contributed by atoms with Gasteiger partial charge < -0.3 is 34.9 Å². The van der Waals surface area contributed by atoms with Gasteiger partial charge in [0.25, 0.3) is 0 Å². The number of rotatable bonds is 13. The van der Waals surface area contributed by atoms with Gasteiger partial charge in [0.05, 0.1) is 43.2 Å². The molecule has 0 aliphatic carbocycles. The molecule has 2 aromatic carbocycles. The highest BCUT2D eigenvalue weighted by Gasteiger charge is 2.25. The van der Waals surface area contributed by atoms with Crippen molar-refractivity contribution in [1.82, 2.24) is 10.2 Å². The minimum atomic E-state index is -0.520. The molecule has 3 atom stereocenters. The fourth-order valence-electron chi connectivity index (χ4n) is 4.97. The summed E-state index contributed by atoms with van der Waals surface area (Å²) in [7, 11) is 4.61. The number of urea groups is 1. The molecule has 3 rings (SSSR count). The molecule has 3 unspecified atom stereocenters. The van der Waals surface area contributed by atoms with Crippen molar-refractivity contribution in [2.24, 2.45) is 5.92 Å². The highest BCUT2D eigenvalue weighted by Crippen LogP contribution is 2.40. The monoisotopic (exact) mass is 581 g/mol. The Bertz CT molecular complexity index is 1060. The maximum Gasteiger partial charge on any atom is 0.319 e. The Hall–Kier alpha value is -2.39. The number of ether oxygens (including phenoxy) is 3. The van der Waals surface area contributed by atoms with Crippen molar-refractivity contribution in [3.05, 3.63) is 45.9 Å². The molecule has 0 aromatic heterocycles. The first-order valence-electron chi connectivity index (χ1n) is 13.5. The summed E-state index contributed by atoms with van der Waals surface area (Å²) in [6, 6.07) is 8.42. The first-order valence-corrected chi connectivity index (χ1v) is 14.2. The van der Waals surface area contributed by atoms with E-state index >= 15 is 0 Å². The van der Waals surface area contributed by atoms with Crippen LogP contribution in [0.4, 0.5) is 10.5 Å². The summed E-state index contributed by atoms with van der Waals surface area (Å²) in [6.07, 6.45) is 4.91. The van der Waals surface area contributed by atoms with E-state index in [-0.39, 0.29) is 18.0 Å². The van der Waals surface area contributed by atoms with Gasteiger partial charge in [0.2, 0.25) is 5.75 Å². The van der Waals surface area contributed by atoms with E-state index < -0.39 is 6.10 Å². The van der Waals surface area contributed by atoms with Crippen molar-refractivity contribution in [3.63, 3.8) is 0 Å². The lowest BCUT2D eigenvalue weighted by molar-refractivity contribution is 0.142. The number of nitrogens with zero attached hydrogens (tertiary/aromatic N) is 1. The summed E-state index contributed by atoms with van der Waals surface area (Å²) < 4.78 is 16.2. The predicted molar refractivity (Wildman–Crippen MR) is 157 cm³/mol. The first kappa shape index (κ1) is 31.1. The zero-order valence-corrected chi connectivity index (χ0v) is 24.8. The topological polar surface area (TPSA) is 92.3 Å². The molecule has 1 aliphatic heterocycles. The number of methoxy groups -OCH3 is 3. The van der Waals surface area contributed by atoms with E-state index in [1.54, 1.807) is 24.3 Å². The molecule has 216 valence electrons. The van der Waals surface area contributed by atoms with Crippen LogP contribution in [0, 0.1) is 5.92 Å². The SMILES string of the molecule is COc1cc(NC(=O)NC(CN2CCCCC2)C(C)CCC(O)Cc2ccc(Cl)c(Cl)c2)cc(OC)c1OC. The maximum absolute atomic E-state index is 13.1. The van der Waals surface area contributed by atoms with Gasteiger partial charge in [0.1, 0.15) is 0 Å². The van der Waals surface area contributed by atoms with Crippen molar-refractivity contribution < 1.29 is 24.1 Å². The number of hydrogen-bond donors (Lipinski definition) is 3. The molecular formula is C29H41Cl2N3O5. The number of amides is 2. The summed E-state index contributed by atoms with van der Waals surface area (Å²) in [4.78, 5) is 15.5. The van der Waals surface area contributed by atoms with Crippen molar-refractivity contribution in [2.45, 2.75) is 57.6 Å². The Labute approximate surface area is 241 Å². The van der Waals surface area contributed by atoms with Gasteiger partial charge in [-0.05, 0) is 68.8 Å². The minimum absolute atomic E-state index is 0.0951. The van der Waals surface area contributed by atoms with Crippen LogP contribution in [-0.4, -0.2) is 69.1 Å². The molecular weight excluding hydrogens is 541 g/mol. The first-order chi connectivity index (χ1) is 18.7. The van der Waals surface area contributed by atoms with Crippen molar-refractivity contribution in [3.8, 4) is 17.2 Å². The normalized spacial score (nSPS) is 16.2. The molecule has 1 fully saturated rings. The molecule has 0 spiro atoms. The number of likely N-dealkylation sites (tertiary alicyclic amines) is 1. The van der Waals surface area contributed by atoms with E-state index in [0.717, 1.165) is 31.6 Å². The van der Waals surface area contributed by atoms with Gasteiger partial charge in [-0.15, -0.1) is 0 Å². The van der Waals surface area contributed by atoms with Crippen LogP contribution in [-0.2, 0) is 6.42 Å². The van der Waals surface area contributed by atoms with E-state index in [0.29, 0.717) is 45.8 Å². The number of halogens is 2. The maximum atomic E-state index is 13.1. The molecule has 1 heterocycles. The van der Waals surface area contributed by atoms with Crippen LogP contribution in [0.25, 0.3) is 0 Å². The van der Waals surface area contributed by atoms with Gasteiger partial charge >= 0.3 is 6.03 Å². The van der Waals surface area contributed by atoms with E-state index in [4.69, 9.17) is 37.4 Å². The third-order valence-electron chi connectivity index (χ3n) is 7.24. The average molecular weight is 583 g/mol. The number of nitrogens with one attached hydrogen (secondary N) is 2. The standard InChI is InChI=1S/C29H41Cl2N3O5/c1-19(8-10-22(35)14-20-9-11-23(30)24(31)15-20)25(18-34-12-6-5-7-13-34)33-29(36)32-21-16-26(37-2)28(39-4)27(17-21)38-3/h9,11,15-17,19,22,25,35H,5-8,10,12-14,18H2,1-4H3,(H2,32,33,36). The molecule has 0 radical (unpaired) electrons. The zero-order chi connectivity index (χ0) is 28.4. The smallest absolute Gasteiger partial charge is 0.319 e. The second-order valence-corrected chi connectivity index (χ2v) is 11.0. The zero-order valence-electron chi connectivity index (χ0n) is 23.3. The van der Waals surface area contributed by atoms with Gasteiger partial charge in [0, 0.05) is 24.7 Å². The second-order valence-electron chi connectivity index (χ2n) is 10.1. The fourth-order valence-corrected chi connectivity index (χ4v) is 5.29. The lowest BCUT2D eigenvalue weighted by Gasteiger charge is -2.34. The van der Waals surface area contributed by atoms with Crippen LogP contribution < -0.4 is 24.8 Å². The van der Waals surface area contributed by atoms with E-state index in [1.165, 1.54) is 40.6 Å². The predicted octanol–water partition coefficient (Wildman–Crippen LogP) is 6.02. The number of hydrogen-bond acceptors (Lipinski definition) is 6. The molecule has 3 N–H and O–H groups in total. The number of aliphatic hydroxyl groups is 1. The fraction of sp³-hybridized carbons (Fsp3) is 0.552. The summed E-state index contributed by atoms with van der Waals surface area (Å²) in [5.41, 5.74) is 1.47. The Kier molecular flexibility index (Phi) is 12.3. The number of carbonyl (C=O) groups is 1. The number of piperidine rings is 1. The van der Waals surface area contributed by atoms with E-state index in [9.17, 15) is 9.90 Å². The Morgan fingerprint density at radius 2 is 1.64 bits per heavy atom. The van der Waals surface area contributed by atoms with Gasteiger partial charge in [-0.2, -0.15) is 0 Å². The molecule has 2 amide bonds. The van der Waals surface area contributed by atoms with E-state index in [2.05, 4.69) is 22.5 Å². The van der Waals surface area contributed by atoms with Crippen molar-refractivity contribution >= 4 is 34.9 Å². The highest BCUT2D eigenvalue weighted by atomic mass is 35.5. The van der Waals surface area contributed by atoms with E-state index in [1.807, 2.05) is 6.07 Å². The number of carbonyl (C=O) groups excluding carboxylic acids is 1. The second kappa shape index (κ2) is 15.4. The number of anilines is 1. The van der Waals surface area contributed by atoms with Crippen molar-refractivity contribution in [2.75, 3.05) is 46.3 Å². The summed E-state index contributed by atoms with van der Waals surface area (Å²) in [5.74, 6) is 1.52. The van der Waals surface area contributed by atoms with Crippen LogP contribution in [0.15, 0.2) is 30.3 Å². The summed E-state index contributed by atoms with van der Waals surface area (Å²) >= 11 is 12.1. The third kappa shape index (κ3) is 9.34. The van der Waals surface area contributed by atoms with Gasteiger partial charge in [-0.3, -0.25) is 0 Å². The highest BCUT2D eigenvalue weighted by molar-refractivity contribution is 6.42. The Balaban J connectivity index is 1.64. The summed E-state index contributed by atoms with van der Waals surface area (Å²) in [5, 5.41) is 17.8. The molecule has 1 saturated heterocycles. The molecule has 0 saturated carbocycles. The average Bonchev–Trinajstić information content (AvgIpc) is 2.93. The van der Waals surface area contributed by atoms with Crippen LogP contribution in [0.2, 0.25) is 10.0 Å². The largest absolute Gasteiger partial charge is 0.493 e. The van der Waals surface area contributed by atoms with Crippen LogP contribution >= 0.6 is 23.2 Å². The van der Waals surface area contributed by atoms with Crippen LogP contribution in [0.3, 0.4) is 0 Å². The molecule has 39 heavy (non-hydrogen) atoms. The number of aliphatic hydroxyl groups excluding tert-OH is 1. The number of benzene rings is 2. The molecule has 10 heteroatoms. The molecule has 0 bridgehead atoms. The molecule has 2 aromatic rings. The summed E-state index contributed by atoms with van der Waals surface area (Å²) in [6.45, 7) is 4.94. The minimum Gasteiger partial charge on any atom is -0.493 e. The lowest BCUT2D eigenvalue weighted by Crippen LogP contribution is -2.49. The third-order valence-corrected chi connectivity index (χ3v) is 7.98. The molecule has 1 aliphatic rings. The van der Waals surface area contributed by atoms with Gasteiger partial charge in [0.15, 0.2) is 11.5 Å². The van der Waals surface area contributed by atoms with Crippen LogP contribution in [0.1, 0.15) is 44.6 Å². The van der Waals surface area contributed by atoms with Crippen LogP contribution in [0.5, 0.6) is 17.2 Å². The Morgan fingerprint density at radius 3 is 2.23 bits per heavy atom. The van der Waals surface area contributed by atoms with Gasteiger partial charge in [-0.25, -0.2) is 4.79 Å². The lowest BCUT2D eigenvalue weighted by atomic mass is 9.92. The Morgan fingerprint density at radius 1 is 0.974 bits per heavy atom. The van der Waals surface area contributed by atoms with Crippen molar-refractivity contribution in [1.29, 1.82) is 0 Å².